The molecular formula is C17H32N6O6. The van der Waals surface area contributed by atoms with Gasteiger partial charge < -0.3 is 42.1 Å². The van der Waals surface area contributed by atoms with Gasteiger partial charge in [0.25, 0.3) is 0 Å². The third kappa shape index (κ3) is 12.2. The van der Waals surface area contributed by atoms with Crippen molar-refractivity contribution in [2.24, 2.45) is 22.4 Å². The number of guanidine groups is 1. The summed E-state index contributed by atoms with van der Waals surface area (Å²) in [5.41, 5.74) is 10.4. The van der Waals surface area contributed by atoms with Gasteiger partial charge in [-0.15, -0.1) is 0 Å². The zero-order chi connectivity index (χ0) is 22.4. The monoisotopic (exact) mass is 416 g/mol. The molecule has 12 nitrogen and oxygen atoms in total. The fraction of sp³-hybridized carbons (Fsp3) is 0.706. The summed E-state index contributed by atoms with van der Waals surface area (Å²) in [5.74, 6) is -1.33. The summed E-state index contributed by atoms with van der Waals surface area (Å²) in [6.07, 6.45) is 0.504. The van der Waals surface area contributed by atoms with Crippen molar-refractivity contribution >= 4 is 30.2 Å². The standard InChI is InChI=1S/C17H32N6O6/c1-10(2)9-29-17(28)23-13(8-25)15(27)21-11(3)14(26)22-12(7-24)5-4-6-20-16(18)19/h7,10-13,25H,4-6,8-9H2,1-3H3,(H,21,27)(H,22,26)(H,23,28)(H4,18,19,20)/t11?,12?,13-/m1/s1. The molecule has 0 bridgehead atoms. The van der Waals surface area contributed by atoms with Crippen LogP contribution in [0.5, 0.6) is 0 Å². The molecule has 166 valence electrons. The number of aliphatic hydroxyl groups is 1. The lowest BCUT2D eigenvalue weighted by Crippen LogP contribution is -2.55. The number of amides is 3. The summed E-state index contributed by atoms with van der Waals surface area (Å²) in [6, 6.07) is -3.06. The highest BCUT2D eigenvalue weighted by Crippen LogP contribution is 1.98. The van der Waals surface area contributed by atoms with Gasteiger partial charge in [-0.3, -0.25) is 14.6 Å². The van der Waals surface area contributed by atoms with E-state index in [1.807, 2.05) is 13.8 Å². The first kappa shape index (κ1) is 26.1. The minimum atomic E-state index is -1.29. The quantitative estimate of drug-likeness (QED) is 0.0854. The smallest absolute Gasteiger partial charge is 0.407 e. The lowest BCUT2D eigenvalue weighted by Gasteiger charge is -2.21. The van der Waals surface area contributed by atoms with Crippen LogP contribution >= 0.6 is 0 Å². The van der Waals surface area contributed by atoms with E-state index >= 15 is 0 Å². The van der Waals surface area contributed by atoms with Crippen LogP contribution in [0.25, 0.3) is 0 Å². The molecule has 0 heterocycles. The van der Waals surface area contributed by atoms with Crippen LogP contribution in [0, 0.1) is 5.92 Å². The van der Waals surface area contributed by atoms with E-state index in [2.05, 4.69) is 20.9 Å². The van der Waals surface area contributed by atoms with Crippen molar-refractivity contribution in [3.63, 3.8) is 0 Å². The summed E-state index contributed by atoms with van der Waals surface area (Å²) in [4.78, 5) is 50.9. The fourth-order valence-corrected chi connectivity index (χ4v) is 2.00. The Balaban J connectivity index is 4.53. The number of carbonyl (C=O) groups is 4. The van der Waals surface area contributed by atoms with Crippen LogP contribution in [-0.2, 0) is 19.1 Å². The van der Waals surface area contributed by atoms with Crippen molar-refractivity contribution in [1.82, 2.24) is 16.0 Å². The maximum absolute atomic E-state index is 12.2. The van der Waals surface area contributed by atoms with Gasteiger partial charge in [-0.05, 0) is 25.7 Å². The minimum absolute atomic E-state index is 0.0619. The van der Waals surface area contributed by atoms with Crippen molar-refractivity contribution in [2.75, 3.05) is 19.8 Å². The molecule has 8 N–H and O–H groups in total. The van der Waals surface area contributed by atoms with Crippen LogP contribution in [0.4, 0.5) is 4.79 Å². The van der Waals surface area contributed by atoms with Gasteiger partial charge in [-0.25, -0.2) is 4.79 Å². The Kier molecular flexibility index (Phi) is 12.7. The number of nitrogens with zero attached hydrogens (tertiary/aromatic N) is 1. The van der Waals surface area contributed by atoms with Crippen molar-refractivity contribution < 1.29 is 29.0 Å². The molecule has 0 aromatic heterocycles. The lowest BCUT2D eigenvalue weighted by molar-refractivity contribution is -0.131. The number of ether oxygens (including phenoxy) is 1. The Hall–Kier alpha value is -2.89. The summed E-state index contributed by atoms with van der Waals surface area (Å²) in [7, 11) is 0. The molecule has 0 rings (SSSR count). The van der Waals surface area contributed by atoms with Crippen molar-refractivity contribution in [1.29, 1.82) is 0 Å². The molecule has 0 saturated heterocycles. The maximum Gasteiger partial charge on any atom is 0.407 e. The van der Waals surface area contributed by atoms with E-state index in [-0.39, 0.29) is 18.5 Å². The third-order valence-corrected chi connectivity index (χ3v) is 3.55. The molecule has 12 heteroatoms. The van der Waals surface area contributed by atoms with Crippen LogP contribution in [0.1, 0.15) is 33.6 Å². The van der Waals surface area contributed by atoms with Crippen LogP contribution < -0.4 is 27.4 Å². The molecule has 2 unspecified atom stereocenters. The number of carbonyl (C=O) groups excluding carboxylic acids is 4. The van der Waals surface area contributed by atoms with Crippen LogP contribution in [-0.4, -0.2) is 73.1 Å². The number of aliphatic imine (C=N–C) groups is 1. The van der Waals surface area contributed by atoms with E-state index in [1.165, 1.54) is 6.92 Å². The predicted octanol–water partition coefficient (Wildman–Crippen LogP) is -2.03. The third-order valence-electron chi connectivity index (χ3n) is 3.55. The van der Waals surface area contributed by atoms with E-state index in [0.717, 1.165) is 0 Å². The second-order valence-corrected chi connectivity index (χ2v) is 6.80. The highest BCUT2D eigenvalue weighted by atomic mass is 16.5. The molecule has 0 aliphatic carbocycles. The van der Waals surface area contributed by atoms with E-state index in [0.29, 0.717) is 25.7 Å². The summed E-state index contributed by atoms with van der Waals surface area (Å²) in [6.45, 7) is 4.87. The van der Waals surface area contributed by atoms with Gasteiger partial charge in [-0.2, -0.15) is 0 Å². The number of nitrogens with one attached hydrogen (secondary N) is 3. The first-order valence-corrected chi connectivity index (χ1v) is 9.26. The van der Waals surface area contributed by atoms with Crippen molar-refractivity contribution in [2.45, 2.75) is 51.7 Å². The average molecular weight is 416 g/mol. The summed E-state index contributed by atoms with van der Waals surface area (Å²) in [5, 5.41) is 16.4. The second-order valence-electron chi connectivity index (χ2n) is 6.80. The topological polar surface area (TPSA) is 198 Å². The van der Waals surface area contributed by atoms with E-state index in [1.54, 1.807) is 0 Å². The van der Waals surface area contributed by atoms with Crippen LogP contribution in [0.2, 0.25) is 0 Å². The van der Waals surface area contributed by atoms with Gasteiger partial charge in [-0.1, -0.05) is 13.8 Å². The molecule has 0 radical (unpaired) electrons. The molecular weight excluding hydrogens is 384 g/mol. The Morgan fingerprint density at radius 1 is 1.10 bits per heavy atom. The molecule has 29 heavy (non-hydrogen) atoms. The fourth-order valence-electron chi connectivity index (χ4n) is 2.00. The van der Waals surface area contributed by atoms with E-state index < -0.39 is 42.6 Å². The van der Waals surface area contributed by atoms with Gasteiger partial charge in [0.1, 0.15) is 18.4 Å². The molecule has 0 fully saturated rings. The largest absolute Gasteiger partial charge is 0.449 e. The van der Waals surface area contributed by atoms with Gasteiger partial charge in [0.2, 0.25) is 11.8 Å². The minimum Gasteiger partial charge on any atom is -0.449 e. The molecule has 3 amide bonds. The molecule has 0 aromatic rings. The molecule has 0 spiro atoms. The number of aliphatic hydroxyl groups excluding tert-OH is 1. The zero-order valence-electron chi connectivity index (χ0n) is 17.0. The highest BCUT2D eigenvalue weighted by molar-refractivity contribution is 5.91. The first-order chi connectivity index (χ1) is 13.6. The lowest BCUT2D eigenvalue weighted by atomic mass is 10.1. The normalized spacial score (nSPS) is 13.6. The Morgan fingerprint density at radius 3 is 2.28 bits per heavy atom. The van der Waals surface area contributed by atoms with Gasteiger partial charge in [0.15, 0.2) is 5.96 Å². The van der Waals surface area contributed by atoms with Gasteiger partial charge in [0, 0.05) is 6.54 Å². The number of aldehydes is 1. The highest BCUT2D eigenvalue weighted by Gasteiger charge is 2.25. The van der Waals surface area contributed by atoms with E-state index in [9.17, 15) is 24.3 Å². The summed E-state index contributed by atoms with van der Waals surface area (Å²) < 4.78 is 4.88. The van der Waals surface area contributed by atoms with Crippen LogP contribution in [0.3, 0.4) is 0 Å². The number of rotatable bonds is 13. The zero-order valence-corrected chi connectivity index (χ0v) is 17.0. The Bertz CT molecular complexity index is 579. The Labute approximate surface area is 169 Å². The number of nitrogens with two attached hydrogens (primary N) is 2. The molecule has 0 saturated carbocycles. The number of alkyl carbamates (subject to hydrolysis) is 1. The molecule has 0 aromatic carbocycles. The Morgan fingerprint density at radius 2 is 1.76 bits per heavy atom. The van der Waals surface area contributed by atoms with Crippen molar-refractivity contribution in [3.05, 3.63) is 0 Å². The number of hydrogen-bond acceptors (Lipinski definition) is 7. The SMILES string of the molecule is CC(C)COC(=O)N[C@H](CO)C(=O)NC(C)C(=O)NC(C=O)CCCN=C(N)N. The molecule has 3 atom stereocenters. The van der Waals surface area contributed by atoms with E-state index in [4.69, 9.17) is 16.2 Å². The second kappa shape index (κ2) is 14.2. The first-order valence-electron chi connectivity index (χ1n) is 9.26. The average Bonchev–Trinajstić information content (AvgIpc) is 2.65. The molecule has 0 aliphatic heterocycles. The maximum atomic E-state index is 12.2. The van der Waals surface area contributed by atoms with Gasteiger partial charge >= 0.3 is 6.09 Å². The predicted molar refractivity (Wildman–Crippen MR) is 106 cm³/mol. The van der Waals surface area contributed by atoms with Gasteiger partial charge in [0.05, 0.1) is 19.3 Å². The summed E-state index contributed by atoms with van der Waals surface area (Å²) >= 11 is 0. The molecule has 0 aliphatic rings. The van der Waals surface area contributed by atoms with Crippen LogP contribution in [0.15, 0.2) is 4.99 Å². The van der Waals surface area contributed by atoms with Crippen molar-refractivity contribution in [3.8, 4) is 0 Å². The number of hydrogen-bond donors (Lipinski definition) is 6.